The molecule has 150 valence electrons. The number of carbonyl (C=O) groups is 1. The Bertz CT molecular complexity index is 1160. The second kappa shape index (κ2) is 7.50. The van der Waals surface area contributed by atoms with E-state index in [1.165, 1.54) is 0 Å². The number of aryl methyl sites for hydroxylation is 2. The van der Waals surface area contributed by atoms with Gasteiger partial charge in [-0.05, 0) is 54.8 Å². The van der Waals surface area contributed by atoms with Gasteiger partial charge in [0.15, 0.2) is 11.5 Å². The van der Waals surface area contributed by atoms with Gasteiger partial charge in [0.25, 0.3) is 0 Å². The molecule has 0 bridgehead atoms. The normalized spacial score (nSPS) is 12.2. The number of benzene rings is 2. The molecule has 7 nitrogen and oxygen atoms in total. The Morgan fingerprint density at radius 3 is 2.72 bits per heavy atom. The molecule has 2 heterocycles. The summed E-state index contributed by atoms with van der Waals surface area (Å²) >= 11 is 0. The van der Waals surface area contributed by atoms with Crippen LogP contribution in [-0.2, 0) is 17.8 Å². The molecular formula is C22H21NO6. The molecule has 2 aromatic carbocycles. The van der Waals surface area contributed by atoms with E-state index in [2.05, 4.69) is 5.32 Å². The molecule has 1 aliphatic heterocycles. The van der Waals surface area contributed by atoms with Gasteiger partial charge < -0.3 is 23.9 Å². The summed E-state index contributed by atoms with van der Waals surface area (Å²) in [6.45, 7) is 4.22. The molecule has 29 heavy (non-hydrogen) atoms. The van der Waals surface area contributed by atoms with Gasteiger partial charge in [0.05, 0.1) is 24.5 Å². The molecule has 0 unspecified atom stereocenters. The summed E-state index contributed by atoms with van der Waals surface area (Å²) in [5, 5.41) is 3.54. The van der Waals surface area contributed by atoms with Crippen LogP contribution in [0.1, 0.15) is 22.3 Å². The van der Waals surface area contributed by atoms with Crippen LogP contribution in [-0.4, -0.2) is 19.8 Å². The Labute approximate surface area is 167 Å². The highest BCUT2D eigenvalue weighted by atomic mass is 16.7. The molecule has 1 amide bonds. The van der Waals surface area contributed by atoms with Crippen LogP contribution >= 0.6 is 0 Å². The van der Waals surface area contributed by atoms with Crippen LogP contribution in [0.5, 0.6) is 17.2 Å². The van der Waals surface area contributed by atoms with Gasteiger partial charge in [0.1, 0.15) is 11.3 Å². The fourth-order valence-corrected chi connectivity index (χ4v) is 3.48. The molecule has 0 saturated carbocycles. The fourth-order valence-electron chi connectivity index (χ4n) is 3.48. The Morgan fingerprint density at radius 2 is 1.93 bits per heavy atom. The molecule has 0 fully saturated rings. The number of amides is 1. The van der Waals surface area contributed by atoms with Crippen molar-refractivity contribution in [1.82, 2.24) is 5.32 Å². The third-order valence-corrected chi connectivity index (χ3v) is 4.97. The predicted octanol–water partition coefficient (Wildman–Crippen LogP) is 3.01. The van der Waals surface area contributed by atoms with Gasteiger partial charge in [0, 0.05) is 6.54 Å². The number of fused-ring (bicyclic) bond motifs is 2. The molecule has 1 N–H and O–H groups in total. The number of nitrogens with one attached hydrogen (secondary N) is 1. The van der Waals surface area contributed by atoms with Crippen molar-refractivity contribution in [2.75, 3.05) is 13.9 Å². The summed E-state index contributed by atoms with van der Waals surface area (Å²) in [5.74, 6) is 1.69. The molecule has 0 spiro atoms. The van der Waals surface area contributed by atoms with Gasteiger partial charge in [-0.1, -0.05) is 6.07 Å². The molecule has 0 radical (unpaired) electrons. The first-order valence-electron chi connectivity index (χ1n) is 9.22. The largest absolute Gasteiger partial charge is 0.496 e. The van der Waals surface area contributed by atoms with Gasteiger partial charge in [-0.15, -0.1) is 0 Å². The lowest BCUT2D eigenvalue weighted by Gasteiger charge is -2.12. The van der Waals surface area contributed by atoms with Gasteiger partial charge in [-0.3, -0.25) is 4.79 Å². The van der Waals surface area contributed by atoms with Crippen molar-refractivity contribution in [2.24, 2.45) is 0 Å². The van der Waals surface area contributed by atoms with Crippen molar-refractivity contribution in [3.05, 3.63) is 63.0 Å². The highest BCUT2D eigenvalue weighted by Gasteiger charge is 2.18. The van der Waals surface area contributed by atoms with Crippen LogP contribution in [0.15, 0.2) is 39.5 Å². The Kier molecular flexibility index (Phi) is 4.88. The molecule has 0 atom stereocenters. The average molecular weight is 395 g/mol. The van der Waals surface area contributed by atoms with Crippen molar-refractivity contribution in [3.63, 3.8) is 0 Å². The summed E-state index contributed by atoms with van der Waals surface area (Å²) in [6, 6.07) is 9.15. The standard InChI is InChI=1S/C22H21NO6/c1-12-6-18(26-3)21-13(2)15(22(25)29-19(21)7-12)9-20(24)23-10-14-4-5-16-17(8-14)28-11-27-16/h4-8H,9-11H2,1-3H3,(H,23,24). The molecule has 4 rings (SSSR count). The minimum atomic E-state index is -0.513. The van der Waals surface area contributed by atoms with E-state index in [-0.39, 0.29) is 19.1 Å². The quantitative estimate of drug-likeness (QED) is 0.669. The van der Waals surface area contributed by atoms with Crippen LogP contribution in [0.3, 0.4) is 0 Å². The first-order chi connectivity index (χ1) is 14.0. The van der Waals surface area contributed by atoms with Crippen LogP contribution in [0.25, 0.3) is 11.0 Å². The molecule has 1 aliphatic rings. The highest BCUT2D eigenvalue weighted by Crippen LogP contribution is 2.33. The van der Waals surface area contributed by atoms with E-state index >= 15 is 0 Å². The maximum absolute atomic E-state index is 12.5. The minimum absolute atomic E-state index is 0.0777. The Hall–Kier alpha value is -3.48. The van der Waals surface area contributed by atoms with Crippen molar-refractivity contribution in [1.29, 1.82) is 0 Å². The van der Waals surface area contributed by atoms with E-state index in [0.717, 1.165) is 11.1 Å². The van der Waals surface area contributed by atoms with Crippen molar-refractivity contribution < 1.29 is 23.4 Å². The fraction of sp³-hybridized carbons (Fsp3) is 0.273. The van der Waals surface area contributed by atoms with Gasteiger partial charge in [-0.25, -0.2) is 4.79 Å². The summed E-state index contributed by atoms with van der Waals surface area (Å²) in [4.78, 5) is 25.0. The average Bonchev–Trinajstić information content (AvgIpc) is 3.16. The van der Waals surface area contributed by atoms with Gasteiger partial charge >= 0.3 is 5.63 Å². The molecule has 0 saturated heterocycles. The summed E-state index contributed by atoms with van der Waals surface area (Å²) < 4.78 is 21.5. The summed E-state index contributed by atoms with van der Waals surface area (Å²) in [5.41, 5.74) is 2.75. The van der Waals surface area contributed by atoms with E-state index in [1.54, 1.807) is 26.2 Å². The maximum atomic E-state index is 12.5. The molecule has 3 aromatic rings. The molecular weight excluding hydrogens is 374 g/mol. The zero-order chi connectivity index (χ0) is 20.5. The van der Waals surface area contributed by atoms with Crippen LogP contribution in [0.4, 0.5) is 0 Å². The smallest absolute Gasteiger partial charge is 0.340 e. The summed E-state index contributed by atoms with van der Waals surface area (Å²) in [7, 11) is 1.57. The van der Waals surface area contributed by atoms with E-state index in [4.69, 9.17) is 18.6 Å². The first-order valence-corrected chi connectivity index (χ1v) is 9.22. The zero-order valence-corrected chi connectivity index (χ0v) is 16.5. The highest BCUT2D eigenvalue weighted by molar-refractivity contribution is 5.89. The number of rotatable bonds is 5. The summed E-state index contributed by atoms with van der Waals surface area (Å²) in [6.07, 6.45) is -0.0777. The van der Waals surface area contributed by atoms with Crippen molar-refractivity contribution >= 4 is 16.9 Å². The first kappa shape index (κ1) is 18.9. The Balaban J connectivity index is 1.55. The van der Waals surface area contributed by atoms with Crippen molar-refractivity contribution in [3.8, 4) is 17.2 Å². The second-order valence-corrected chi connectivity index (χ2v) is 6.97. The molecule has 7 heteroatoms. The predicted molar refractivity (Wildman–Crippen MR) is 107 cm³/mol. The van der Waals surface area contributed by atoms with Crippen LogP contribution in [0.2, 0.25) is 0 Å². The third-order valence-electron chi connectivity index (χ3n) is 4.97. The lowest BCUT2D eigenvalue weighted by atomic mass is 10.0. The molecule has 0 aliphatic carbocycles. The van der Waals surface area contributed by atoms with E-state index in [9.17, 15) is 9.59 Å². The van der Waals surface area contributed by atoms with Crippen molar-refractivity contribution in [2.45, 2.75) is 26.8 Å². The number of carbonyl (C=O) groups excluding carboxylic acids is 1. The monoisotopic (exact) mass is 395 g/mol. The van der Waals surface area contributed by atoms with Crippen LogP contribution < -0.4 is 25.2 Å². The third kappa shape index (κ3) is 3.63. The molecule has 1 aromatic heterocycles. The zero-order valence-electron chi connectivity index (χ0n) is 16.5. The number of hydrogen-bond acceptors (Lipinski definition) is 6. The van der Waals surface area contributed by atoms with Gasteiger partial charge in [-0.2, -0.15) is 0 Å². The van der Waals surface area contributed by atoms with Crippen LogP contribution in [0, 0.1) is 13.8 Å². The van der Waals surface area contributed by atoms with E-state index < -0.39 is 5.63 Å². The number of hydrogen-bond donors (Lipinski definition) is 1. The maximum Gasteiger partial charge on any atom is 0.340 e. The van der Waals surface area contributed by atoms with E-state index in [1.807, 2.05) is 25.1 Å². The SMILES string of the molecule is COc1cc(C)cc2oc(=O)c(CC(=O)NCc3ccc4c(c3)OCO4)c(C)c12. The lowest BCUT2D eigenvalue weighted by Crippen LogP contribution is -2.27. The number of methoxy groups -OCH3 is 1. The van der Waals surface area contributed by atoms with Gasteiger partial charge in [0.2, 0.25) is 12.7 Å². The Morgan fingerprint density at radius 1 is 1.14 bits per heavy atom. The van der Waals surface area contributed by atoms with E-state index in [0.29, 0.717) is 45.9 Å². The second-order valence-electron chi connectivity index (χ2n) is 6.97. The topological polar surface area (TPSA) is 87.0 Å². The lowest BCUT2D eigenvalue weighted by molar-refractivity contribution is -0.120. The number of ether oxygens (including phenoxy) is 3. The minimum Gasteiger partial charge on any atom is -0.496 e.